The van der Waals surface area contributed by atoms with E-state index < -0.39 is 21.5 Å². The van der Waals surface area contributed by atoms with Gasteiger partial charge in [0.1, 0.15) is 5.54 Å². The quantitative estimate of drug-likeness (QED) is 0.853. The zero-order valence-electron chi connectivity index (χ0n) is 11.5. The van der Waals surface area contributed by atoms with Crippen molar-refractivity contribution in [3.63, 3.8) is 0 Å². The first-order valence-corrected chi connectivity index (χ1v) is 7.99. The number of carboxylic acid groups (broad SMARTS) is 1. The standard InChI is InChI=1S/C12H19N3O4S/c1-9-4-3-5-12(6-9,11(16)17)14-20(18,19)10-7-15(2)8-13-10/h7-9,14H,3-6H2,1-2H3,(H,16,17). The third kappa shape index (κ3) is 2.85. The van der Waals surface area contributed by atoms with Gasteiger partial charge in [-0.15, -0.1) is 0 Å². The molecule has 0 aliphatic heterocycles. The van der Waals surface area contributed by atoms with Crippen molar-refractivity contribution in [2.24, 2.45) is 13.0 Å². The Kier molecular flexibility index (Phi) is 3.88. The summed E-state index contributed by atoms with van der Waals surface area (Å²) in [5.74, 6) is -0.949. The second kappa shape index (κ2) is 5.17. The molecule has 1 heterocycles. The Bertz CT molecular complexity index is 610. The first-order chi connectivity index (χ1) is 9.25. The Hall–Kier alpha value is -1.41. The van der Waals surface area contributed by atoms with Crippen LogP contribution in [-0.4, -0.2) is 34.6 Å². The number of hydrogen-bond acceptors (Lipinski definition) is 4. The van der Waals surface area contributed by atoms with Gasteiger partial charge in [-0.1, -0.05) is 19.8 Å². The summed E-state index contributed by atoms with van der Waals surface area (Å²) in [7, 11) is -2.27. The molecule has 1 aliphatic carbocycles. The number of imidazole rings is 1. The Morgan fingerprint density at radius 1 is 1.60 bits per heavy atom. The monoisotopic (exact) mass is 301 g/mol. The van der Waals surface area contributed by atoms with Crippen LogP contribution < -0.4 is 4.72 Å². The van der Waals surface area contributed by atoms with E-state index in [0.29, 0.717) is 19.3 Å². The minimum atomic E-state index is -3.93. The van der Waals surface area contributed by atoms with Crippen molar-refractivity contribution in [1.82, 2.24) is 14.3 Å². The highest BCUT2D eigenvalue weighted by molar-refractivity contribution is 7.89. The summed E-state index contributed by atoms with van der Waals surface area (Å²) in [4.78, 5) is 15.4. The molecule has 7 nitrogen and oxygen atoms in total. The molecule has 2 rings (SSSR count). The molecule has 0 aromatic carbocycles. The summed E-state index contributed by atoms with van der Waals surface area (Å²) in [6.07, 6.45) is 4.93. The highest BCUT2D eigenvalue weighted by atomic mass is 32.2. The Morgan fingerprint density at radius 3 is 2.80 bits per heavy atom. The molecule has 1 aliphatic rings. The number of aryl methyl sites for hydroxylation is 1. The number of sulfonamides is 1. The van der Waals surface area contributed by atoms with E-state index in [4.69, 9.17) is 0 Å². The van der Waals surface area contributed by atoms with Crippen LogP contribution in [0.15, 0.2) is 17.6 Å². The van der Waals surface area contributed by atoms with Crippen LogP contribution in [0, 0.1) is 5.92 Å². The molecule has 2 atom stereocenters. The lowest BCUT2D eigenvalue weighted by Crippen LogP contribution is -2.56. The second-order valence-corrected chi connectivity index (χ2v) is 7.20. The second-order valence-electron chi connectivity index (χ2n) is 5.57. The number of carbonyl (C=O) groups is 1. The predicted molar refractivity (Wildman–Crippen MR) is 71.5 cm³/mol. The maximum Gasteiger partial charge on any atom is 0.324 e. The summed E-state index contributed by atoms with van der Waals surface area (Å²) < 4.78 is 28.4. The third-order valence-corrected chi connectivity index (χ3v) is 5.11. The molecule has 0 saturated heterocycles. The van der Waals surface area contributed by atoms with Gasteiger partial charge in [0.15, 0.2) is 5.03 Å². The fourth-order valence-electron chi connectivity index (χ4n) is 2.72. The Balaban J connectivity index is 2.31. The van der Waals surface area contributed by atoms with Crippen LogP contribution in [0.3, 0.4) is 0 Å². The van der Waals surface area contributed by atoms with Crippen molar-refractivity contribution in [2.45, 2.75) is 43.2 Å². The minimum Gasteiger partial charge on any atom is -0.480 e. The topological polar surface area (TPSA) is 101 Å². The van der Waals surface area contributed by atoms with Crippen LogP contribution in [0.5, 0.6) is 0 Å². The molecule has 20 heavy (non-hydrogen) atoms. The number of hydrogen-bond donors (Lipinski definition) is 2. The first kappa shape index (κ1) is 15.0. The van der Waals surface area contributed by atoms with Crippen molar-refractivity contribution in [1.29, 1.82) is 0 Å². The van der Waals surface area contributed by atoms with Gasteiger partial charge in [-0.2, -0.15) is 4.72 Å². The lowest BCUT2D eigenvalue weighted by molar-refractivity contribution is -0.146. The van der Waals surface area contributed by atoms with Gasteiger partial charge in [-0.25, -0.2) is 13.4 Å². The summed E-state index contributed by atoms with van der Waals surface area (Å²) in [6, 6.07) is 0. The molecule has 2 N–H and O–H groups in total. The molecular weight excluding hydrogens is 282 g/mol. The van der Waals surface area contributed by atoms with E-state index in [1.807, 2.05) is 6.92 Å². The molecule has 0 amide bonds. The van der Waals surface area contributed by atoms with Crippen molar-refractivity contribution in [3.8, 4) is 0 Å². The summed E-state index contributed by atoms with van der Waals surface area (Å²) in [5.41, 5.74) is -1.42. The smallest absolute Gasteiger partial charge is 0.324 e. The number of rotatable bonds is 4. The van der Waals surface area contributed by atoms with Gasteiger partial charge in [-0.3, -0.25) is 4.79 Å². The Morgan fingerprint density at radius 2 is 2.30 bits per heavy atom. The van der Waals surface area contributed by atoms with E-state index >= 15 is 0 Å². The van der Waals surface area contributed by atoms with Gasteiger partial charge >= 0.3 is 5.97 Å². The highest BCUT2D eigenvalue weighted by Gasteiger charge is 2.45. The zero-order chi connectivity index (χ0) is 15.0. The van der Waals surface area contributed by atoms with E-state index in [0.717, 1.165) is 6.42 Å². The molecule has 2 unspecified atom stereocenters. The maximum absolute atomic E-state index is 12.3. The van der Waals surface area contributed by atoms with E-state index in [2.05, 4.69) is 9.71 Å². The van der Waals surface area contributed by atoms with Crippen molar-refractivity contribution >= 4 is 16.0 Å². The number of carboxylic acids is 1. The largest absolute Gasteiger partial charge is 0.480 e. The number of aromatic nitrogens is 2. The molecule has 0 bridgehead atoms. The van der Waals surface area contributed by atoms with Gasteiger partial charge in [0.05, 0.1) is 6.33 Å². The summed E-state index contributed by atoms with van der Waals surface area (Å²) in [5, 5.41) is 9.32. The van der Waals surface area contributed by atoms with E-state index in [9.17, 15) is 18.3 Å². The lowest BCUT2D eigenvalue weighted by Gasteiger charge is -2.36. The van der Waals surface area contributed by atoms with Gasteiger partial charge in [-0.05, 0) is 18.8 Å². The van der Waals surface area contributed by atoms with Gasteiger partial charge in [0, 0.05) is 13.2 Å². The van der Waals surface area contributed by atoms with Gasteiger partial charge in [0.2, 0.25) is 0 Å². The number of aliphatic carboxylic acids is 1. The van der Waals surface area contributed by atoms with Crippen molar-refractivity contribution in [2.75, 3.05) is 0 Å². The average Bonchev–Trinajstić information content (AvgIpc) is 2.76. The fraction of sp³-hybridized carbons (Fsp3) is 0.667. The molecule has 1 aromatic heterocycles. The normalized spacial score (nSPS) is 27.4. The van der Waals surface area contributed by atoms with Crippen molar-refractivity contribution in [3.05, 3.63) is 12.5 Å². The number of nitrogens with zero attached hydrogens (tertiary/aromatic N) is 2. The molecule has 8 heteroatoms. The van der Waals surface area contributed by atoms with E-state index in [-0.39, 0.29) is 10.9 Å². The average molecular weight is 301 g/mol. The highest BCUT2D eigenvalue weighted by Crippen LogP contribution is 2.33. The van der Waals surface area contributed by atoms with Gasteiger partial charge in [0.25, 0.3) is 10.0 Å². The zero-order valence-corrected chi connectivity index (χ0v) is 12.4. The summed E-state index contributed by atoms with van der Waals surface area (Å²) >= 11 is 0. The van der Waals surface area contributed by atoms with Gasteiger partial charge < -0.3 is 9.67 Å². The van der Waals surface area contributed by atoms with E-state index in [1.54, 1.807) is 7.05 Å². The number of nitrogens with one attached hydrogen (secondary N) is 1. The molecule has 0 spiro atoms. The maximum atomic E-state index is 12.3. The van der Waals surface area contributed by atoms with Crippen LogP contribution in [0.25, 0.3) is 0 Å². The molecule has 1 saturated carbocycles. The minimum absolute atomic E-state index is 0.154. The Labute approximate surface area is 118 Å². The SMILES string of the molecule is CC1CCCC(NS(=O)(=O)c2cn(C)cn2)(C(=O)O)C1. The van der Waals surface area contributed by atoms with Crippen LogP contribution >= 0.6 is 0 Å². The van der Waals surface area contributed by atoms with Crippen LogP contribution in [-0.2, 0) is 21.9 Å². The first-order valence-electron chi connectivity index (χ1n) is 6.50. The van der Waals surface area contributed by atoms with Crippen LogP contribution in [0.1, 0.15) is 32.6 Å². The van der Waals surface area contributed by atoms with E-state index in [1.165, 1.54) is 17.1 Å². The predicted octanol–water partition coefficient (Wildman–Crippen LogP) is 0.732. The van der Waals surface area contributed by atoms with Crippen LogP contribution in [0.2, 0.25) is 0 Å². The molecule has 1 fully saturated rings. The van der Waals surface area contributed by atoms with Crippen molar-refractivity contribution < 1.29 is 18.3 Å². The third-order valence-electron chi connectivity index (χ3n) is 3.69. The molecule has 1 aromatic rings. The molecular formula is C12H19N3O4S. The fourth-order valence-corrected chi connectivity index (χ4v) is 4.10. The molecule has 0 radical (unpaired) electrons. The summed E-state index contributed by atoms with van der Waals surface area (Å²) in [6.45, 7) is 1.94. The molecule has 112 valence electrons. The lowest BCUT2D eigenvalue weighted by atomic mass is 9.77. The van der Waals surface area contributed by atoms with Crippen LogP contribution in [0.4, 0.5) is 0 Å².